The highest BCUT2D eigenvalue weighted by Crippen LogP contribution is 2.21. The van der Waals surface area contributed by atoms with E-state index in [0.717, 1.165) is 41.5 Å². The van der Waals surface area contributed by atoms with Crippen molar-refractivity contribution in [3.05, 3.63) is 34.9 Å². The zero-order valence-corrected chi connectivity index (χ0v) is 13.6. The minimum atomic E-state index is -0.210. The van der Waals surface area contributed by atoms with Crippen LogP contribution in [0.25, 0.3) is 0 Å². The lowest BCUT2D eigenvalue weighted by atomic mass is 10.2. The van der Waals surface area contributed by atoms with E-state index < -0.39 is 0 Å². The summed E-state index contributed by atoms with van der Waals surface area (Å²) in [6, 6.07) is 7.64. The smallest absolute Gasteiger partial charge is 0.322 e. The number of nitrogens with one attached hydrogen (secondary N) is 1. The lowest BCUT2D eigenvalue weighted by Gasteiger charge is -2.15. The summed E-state index contributed by atoms with van der Waals surface area (Å²) in [5, 5.41) is 4.02. The number of benzene rings is 1. The SMILES string of the molecule is CCCNC(CCSCc1ccccc1Cl)C(=O)OC. The monoisotopic (exact) mass is 315 g/mol. The summed E-state index contributed by atoms with van der Waals surface area (Å²) in [5.74, 6) is 1.57. The summed E-state index contributed by atoms with van der Waals surface area (Å²) in [7, 11) is 1.43. The van der Waals surface area contributed by atoms with E-state index >= 15 is 0 Å². The van der Waals surface area contributed by atoms with E-state index in [0.29, 0.717) is 0 Å². The molecule has 1 atom stereocenters. The maximum absolute atomic E-state index is 11.6. The molecule has 1 unspecified atom stereocenters. The van der Waals surface area contributed by atoms with Gasteiger partial charge >= 0.3 is 5.97 Å². The highest BCUT2D eigenvalue weighted by Gasteiger charge is 2.17. The topological polar surface area (TPSA) is 38.3 Å². The molecule has 0 saturated carbocycles. The number of thioether (sulfide) groups is 1. The van der Waals surface area contributed by atoms with Crippen LogP contribution in [-0.2, 0) is 15.3 Å². The van der Waals surface area contributed by atoms with Gasteiger partial charge in [-0.2, -0.15) is 11.8 Å². The van der Waals surface area contributed by atoms with Gasteiger partial charge in [-0.1, -0.05) is 36.7 Å². The fourth-order valence-corrected chi connectivity index (χ4v) is 3.06. The number of methoxy groups -OCH3 is 1. The molecular weight excluding hydrogens is 294 g/mol. The van der Waals surface area contributed by atoms with Crippen molar-refractivity contribution in [3.63, 3.8) is 0 Å². The zero-order chi connectivity index (χ0) is 14.8. The van der Waals surface area contributed by atoms with Crippen LogP contribution in [0.5, 0.6) is 0 Å². The van der Waals surface area contributed by atoms with E-state index in [9.17, 15) is 4.79 Å². The standard InChI is InChI=1S/C15H22ClNO2S/c1-3-9-17-14(15(18)19-2)8-10-20-11-12-6-4-5-7-13(12)16/h4-7,14,17H,3,8-11H2,1-2H3. The molecule has 0 fully saturated rings. The summed E-state index contributed by atoms with van der Waals surface area (Å²) in [4.78, 5) is 11.6. The van der Waals surface area contributed by atoms with Crippen LogP contribution in [0.3, 0.4) is 0 Å². The van der Waals surface area contributed by atoms with E-state index in [1.165, 1.54) is 7.11 Å². The van der Waals surface area contributed by atoms with E-state index in [1.54, 1.807) is 11.8 Å². The molecule has 1 rings (SSSR count). The quantitative estimate of drug-likeness (QED) is 0.559. The van der Waals surface area contributed by atoms with E-state index in [1.807, 2.05) is 24.3 Å². The Labute approximate surface area is 130 Å². The first-order valence-electron chi connectivity index (χ1n) is 6.81. The van der Waals surface area contributed by atoms with Crippen LogP contribution in [0.15, 0.2) is 24.3 Å². The molecule has 0 radical (unpaired) electrons. The van der Waals surface area contributed by atoms with E-state index in [4.69, 9.17) is 16.3 Å². The second kappa shape index (κ2) is 10.1. The fourth-order valence-electron chi connectivity index (χ4n) is 1.76. The molecule has 0 aromatic heterocycles. The van der Waals surface area contributed by atoms with Gasteiger partial charge in [-0.15, -0.1) is 0 Å². The average molecular weight is 316 g/mol. The van der Waals surface area contributed by atoms with E-state index in [-0.39, 0.29) is 12.0 Å². The normalized spacial score (nSPS) is 12.2. The Morgan fingerprint density at radius 3 is 2.85 bits per heavy atom. The third-order valence-corrected chi connectivity index (χ3v) is 4.30. The molecule has 1 aromatic rings. The summed E-state index contributed by atoms with van der Waals surface area (Å²) in [5.41, 5.74) is 1.13. The van der Waals surface area contributed by atoms with Crippen molar-refractivity contribution < 1.29 is 9.53 Å². The first-order chi connectivity index (χ1) is 9.69. The first-order valence-corrected chi connectivity index (χ1v) is 8.34. The maximum atomic E-state index is 11.6. The third kappa shape index (κ3) is 6.16. The molecule has 0 aliphatic carbocycles. The Hall–Kier alpha value is -0.710. The van der Waals surface area contributed by atoms with Crippen LogP contribution in [-0.4, -0.2) is 31.4 Å². The highest BCUT2D eigenvalue weighted by molar-refractivity contribution is 7.98. The predicted octanol–water partition coefficient (Wildman–Crippen LogP) is 3.50. The predicted molar refractivity (Wildman–Crippen MR) is 86.3 cm³/mol. The van der Waals surface area contributed by atoms with Gasteiger partial charge in [0.05, 0.1) is 7.11 Å². The van der Waals surface area contributed by atoms with Crippen molar-refractivity contribution in [2.75, 3.05) is 19.4 Å². The molecular formula is C15H22ClNO2S. The molecule has 0 aliphatic rings. The van der Waals surface area contributed by atoms with Crippen LogP contribution in [0, 0.1) is 0 Å². The first kappa shape index (κ1) is 17.3. The highest BCUT2D eigenvalue weighted by atomic mass is 35.5. The number of carbonyl (C=O) groups is 1. The van der Waals surface area contributed by atoms with Crippen LogP contribution in [0.4, 0.5) is 0 Å². The third-order valence-electron chi connectivity index (χ3n) is 2.89. The number of esters is 1. The van der Waals surface area contributed by atoms with Gasteiger partial charge in [0.1, 0.15) is 6.04 Å². The van der Waals surface area contributed by atoms with Crippen molar-refractivity contribution >= 4 is 29.3 Å². The van der Waals surface area contributed by atoms with Gasteiger partial charge in [0, 0.05) is 10.8 Å². The number of ether oxygens (including phenoxy) is 1. The summed E-state index contributed by atoms with van der Waals surface area (Å²) in [6.45, 7) is 2.91. The maximum Gasteiger partial charge on any atom is 0.322 e. The molecule has 5 heteroatoms. The number of rotatable bonds is 9. The molecule has 0 heterocycles. The molecule has 0 aliphatic heterocycles. The summed E-state index contributed by atoms with van der Waals surface area (Å²) >= 11 is 7.89. The average Bonchev–Trinajstić information content (AvgIpc) is 2.47. The summed E-state index contributed by atoms with van der Waals surface area (Å²) < 4.78 is 4.81. The van der Waals surface area contributed by atoms with E-state index in [2.05, 4.69) is 12.2 Å². The van der Waals surface area contributed by atoms with Gasteiger partial charge in [-0.3, -0.25) is 4.79 Å². The van der Waals surface area contributed by atoms with Crippen LogP contribution < -0.4 is 5.32 Å². The molecule has 112 valence electrons. The second-order valence-corrected chi connectivity index (χ2v) is 5.97. The Morgan fingerprint density at radius 1 is 1.45 bits per heavy atom. The largest absolute Gasteiger partial charge is 0.468 e. The molecule has 0 saturated heterocycles. The van der Waals surface area contributed by atoms with Gasteiger partial charge in [0.2, 0.25) is 0 Å². The molecule has 1 aromatic carbocycles. The van der Waals surface area contributed by atoms with Gasteiger partial charge in [-0.05, 0) is 36.8 Å². The van der Waals surface area contributed by atoms with Gasteiger partial charge in [-0.25, -0.2) is 0 Å². The number of hydrogen-bond acceptors (Lipinski definition) is 4. The van der Waals surface area contributed by atoms with Crippen LogP contribution >= 0.6 is 23.4 Å². The number of hydrogen-bond donors (Lipinski definition) is 1. The minimum absolute atomic E-state index is 0.184. The van der Waals surface area contributed by atoms with Crippen molar-refractivity contribution in [2.45, 2.75) is 31.6 Å². The van der Waals surface area contributed by atoms with Crippen LogP contribution in [0.1, 0.15) is 25.3 Å². The molecule has 0 amide bonds. The molecule has 1 N–H and O–H groups in total. The Kier molecular flexibility index (Phi) is 8.74. The molecule has 3 nitrogen and oxygen atoms in total. The molecule has 0 spiro atoms. The Balaban J connectivity index is 2.33. The van der Waals surface area contributed by atoms with Crippen molar-refractivity contribution in [1.29, 1.82) is 0 Å². The Bertz CT molecular complexity index is 415. The lowest BCUT2D eigenvalue weighted by molar-refractivity contribution is -0.143. The minimum Gasteiger partial charge on any atom is -0.468 e. The Morgan fingerprint density at radius 2 is 2.20 bits per heavy atom. The van der Waals surface area contributed by atoms with Gasteiger partial charge in [0.25, 0.3) is 0 Å². The van der Waals surface area contributed by atoms with Crippen molar-refractivity contribution in [1.82, 2.24) is 5.32 Å². The second-order valence-electron chi connectivity index (χ2n) is 4.46. The lowest BCUT2D eigenvalue weighted by Crippen LogP contribution is -2.38. The zero-order valence-electron chi connectivity index (χ0n) is 12.0. The van der Waals surface area contributed by atoms with Gasteiger partial charge < -0.3 is 10.1 Å². The van der Waals surface area contributed by atoms with Gasteiger partial charge in [0.15, 0.2) is 0 Å². The van der Waals surface area contributed by atoms with Crippen molar-refractivity contribution in [2.24, 2.45) is 0 Å². The summed E-state index contributed by atoms with van der Waals surface area (Å²) in [6.07, 6.45) is 1.77. The molecule has 0 bridgehead atoms. The van der Waals surface area contributed by atoms with Crippen molar-refractivity contribution in [3.8, 4) is 0 Å². The fraction of sp³-hybridized carbons (Fsp3) is 0.533. The van der Waals surface area contributed by atoms with Crippen LogP contribution in [0.2, 0.25) is 5.02 Å². The number of halogens is 1. The number of carbonyl (C=O) groups excluding carboxylic acids is 1. The molecule has 20 heavy (non-hydrogen) atoms.